The molecule has 0 bridgehead atoms. The van der Waals surface area contributed by atoms with E-state index in [1.807, 2.05) is 0 Å². The third kappa shape index (κ3) is 2.89. The molecule has 1 N–H and O–H groups in total. The summed E-state index contributed by atoms with van der Waals surface area (Å²) in [6, 6.07) is 7.31. The molecule has 0 radical (unpaired) electrons. The van der Waals surface area contributed by atoms with Crippen molar-refractivity contribution in [3.05, 3.63) is 23.8 Å². The Bertz CT molecular complexity index is 420. The minimum atomic E-state index is 0.547. The number of nitriles is 1. The Morgan fingerprint density at radius 1 is 1.47 bits per heavy atom. The molecule has 1 fully saturated rings. The minimum Gasteiger partial charge on any atom is -0.493 e. The van der Waals surface area contributed by atoms with Crippen LogP contribution < -0.4 is 14.8 Å². The quantitative estimate of drug-likeness (QED) is 0.855. The predicted octanol–water partition coefficient (Wildman–Crippen LogP) is 1.56. The summed E-state index contributed by atoms with van der Waals surface area (Å²) in [6.07, 6.45) is 1.14. The highest BCUT2D eigenvalue weighted by Crippen LogP contribution is 2.28. The smallest absolute Gasteiger partial charge is 0.162 e. The zero-order valence-electron chi connectivity index (χ0n) is 9.90. The number of benzene rings is 1. The summed E-state index contributed by atoms with van der Waals surface area (Å²) in [5, 5.41) is 12.1. The minimum absolute atomic E-state index is 0.547. The number of ether oxygens (including phenoxy) is 2. The van der Waals surface area contributed by atoms with Crippen LogP contribution in [0.2, 0.25) is 0 Å². The Hall–Kier alpha value is -1.73. The second kappa shape index (κ2) is 5.55. The van der Waals surface area contributed by atoms with Crippen molar-refractivity contribution in [1.29, 1.82) is 5.26 Å². The average molecular weight is 232 g/mol. The molecule has 0 amide bonds. The summed E-state index contributed by atoms with van der Waals surface area (Å²) >= 11 is 0. The fraction of sp³-hybridized carbons (Fsp3) is 0.462. The number of nitrogens with one attached hydrogen (secondary N) is 1. The van der Waals surface area contributed by atoms with Gasteiger partial charge in [0.15, 0.2) is 11.5 Å². The molecular weight excluding hydrogens is 216 g/mol. The number of hydrogen-bond acceptors (Lipinski definition) is 4. The molecule has 4 heteroatoms. The van der Waals surface area contributed by atoms with E-state index in [1.54, 1.807) is 25.3 Å². The van der Waals surface area contributed by atoms with Gasteiger partial charge in [-0.3, -0.25) is 0 Å². The van der Waals surface area contributed by atoms with Crippen molar-refractivity contribution < 1.29 is 9.47 Å². The highest BCUT2D eigenvalue weighted by molar-refractivity contribution is 5.46. The molecule has 1 heterocycles. The lowest BCUT2D eigenvalue weighted by Gasteiger charge is -2.13. The summed E-state index contributed by atoms with van der Waals surface area (Å²) in [5.74, 6) is 1.87. The summed E-state index contributed by atoms with van der Waals surface area (Å²) in [4.78, 5) is 0. The molecule has 17 heavy (non-hydrogen) atoms. The zero-order valence-corrected chi connectivity index (χ0v) is 9.90. The van der Waals surface area contributed by atoms with E-state index in [-0.39, 0.29) is 0 Å². The highest BCUT2D eigenvalue weighted by Gasteiger charge is 2.16. The Labute approximate surface area is 101 Å². The first kappa shape index (κ1) is 11.7. The molecule has 0 saturated carbocycles. The van der Waals surface area contributed by atoms with Gasteiger partial charge in [-0.05, 0) is 25.1 Å². The fourth-order valence-corrected chi connectivity index (χ4v) is 1.92. The zero-order chi connectivity index (χ0) is 12.1. The Kier molecular flexibility index (Phi) is 3.84. The van der Waals surface area contributed by atoms with Crippen molar-refractivity contribution in [3.63, 3.8) is 0 Å². The first-order chi connectivity index (χ1) is 8.33. The van der Waals surface area contributed by atoms with Gasteiger partial charge in [-0.25, -0.2) is 0 Å². The SMILES string of the molecule is COc1ccc(C#N)cc1OCC1CCNC1. The van der Waals surface area contributed by atoms with Crippen LogP contribution in [0.1, 0.15) is 12.0 Å². The summed E-state index contributed by atoms with van der Waals surface area (Å²) in [6.45, 7) is 2.72. The van der Waals surface area contributed by atoms with E-state index >= 15 is 0 Å². The van der Waals surface area contributed by atoms with Crippen LogP contribution in [0.3, 0.4) is 0 Å². The van der Waals surface area contributed by atoms with E-state index in [0.29, 0.717) is 29.6 Å². The van der Waals surface area contributed by atoms with E-state index in [4.69, 9.17) is 14.7 Å². The van der Waals surface area contributed by atoms with Crippen LogP contribution in [-0.2, 0) is 0 Å². The molecular formula is C13H16N2O2. The monoisotopic (exact) mass is 232 g/mol. The molecule has 1 atom stereocenters. The number of hydrogen-bond donors (Lipinski definition) is 1. The van der Waals surface area contributed by atoms with Gasteiger partial charge in [0, 0.05) is 18.5 Å². The molecule has 0 aliphatic carbocycles. The first-order valence-corrected chi connectivity index (χ1v) is 5.75. The van der Waals surface area contributed by atoms with Crippen molar-refractivity contribution in [2.75, 3.05) is 26.8 Å². The van der Waals surface area contributed by atoms with Crippen LogP contribution in [0.15, 0.2) is 18.2 Å². The lowest BCUT2D eigenvalue weighted by Crippen LogP contribution is -2.15. The van der Waals surface area contributed by atoms with Crippen LogP contribution in [0, 0.1) is 17.2 Å². The van der Waals surface area contributed by atoms with Gasteiger partial charge < -0.3 is 14.8 Å². The second-order valence-electron chi connectivity index (χ2n) is 4.15. The third-order valence-electron chi connectivity index (χ3n) is 2.93. The van der Waals surface area contributed by atoms with Gasteiger partial charge in [0.25, 0.3) is 0 Å². The topological polar surface area (TPSA) is 54.3 Å². The van der Waals surface area contributed by atoms with Gasteiger partial charge in [0.05, 0.1) is 25.3 Å². The molecule has 0 aromatic heterocycles. The van der Waals surface area contributed by atoms with Gasteiger partial charge in [-0.15, -0.1) is 0 Å². The molecule has 1 saturated heterocycles. The van der Waals surface area contributed by atoms with Crippen LogP contribution in [0.4, 0.5) is 0 Å². The van der Waals surface area contributed by atoms with E-state index in [1.165, 1.54) is 0 Å². The largest absolute Gasteiger partial charge is 0.493 e. The molecule has 90 valence electrons. The highest BCUT2D eigenvalue weighted by atomic mass is 16.5. The molecule has 4 nitrogen and oxygen atoms in total. The van der Waals surface area contributed by atoms with Gasteiger partial charge in [-0.1, -0.05) is 0 Å². The van der Waals surface area contributed by atoms with Crippen molar-refractivity contribution >= 4 is 0 Å². The molecule has 1 aliphatic rings. The Balaban J connectivity index is 2.04. The maximum absolute atomic E-state index is 8.85. The van der Waals surface area contributed by atoms with E-state index in [0.717, 1.165) is 19.5 Å². The van der Waals surface area contributed by atoms with Gasteiger partial charge in [0.1, 0.15) is 0 Å². The molecule has 0 spiro atoms. The third-order valence-corrected chi connectivity index (χ3v) is 2.93. The molecule has 1 unspecified atom stereocenters. The number of rotatable bonds is 4. The average Bonchev–Trinajstić information content (AvgIpc) is 2.89. The lowest BCUT2D eigenvalue weighted by molar-refractivity contribution is 0.247. The van der Waals surface area contributed by atoms with E-state index < -0.39 is 0 Å². The van der Waals surface area contributed by atoms with E-state index in [2.05, 4.69) is 11.4 Å². The van der Waals surface area contributed by atoms with Crippen LogP contribution in [0.25, 0.3) is 0 Å². The normalized spacial score (nSPS) is 18.7. The molecule has 1 aromatic carbocycles. The first-order valence-electron chi connectivity index (χ1n) is 5.75. The fourth-order valence-electron chi connectivity index (χ4n) is 1.92. The van der Waals surface area contributed by atoms with Crippen LogP contribution in [0.5, 0.6) is 11.5 Å². The van der Waals surface area contributed by atoms with Crippen LogP contribution in [-0.4, -0.2) is 26.8 Å². The molecule has 2 rings (SSSR count). The van der Waals surface area contributed by atoms with Gasteiger partial charge in [0.2, 0.25) is 0 Å². The summed E-state index contributed by atoms with van der Waals surface area (Å²) in [5.41, 5.74) is 0.588. The summed E-state index contributed by atoms with van der Waals surface area (Å²) < 4.78 is 10.9. The Morgan fingerprint density at radius 2 is 2.35 bits per heavy atom. The second-order valence-corrected chi connectivity index (χ2v) is 4.15. The van der Waals surface area contributed by atoms with Gasteiger partial charge >= 0.3 is 0 Å². The number of nitrogens with zero attached hydrogens (tertiary/aromatic N) is 1. The van der Waals surface area contributed by atoms with Crippen molar-refractivity contribution in [1.82, 2.24) is 5.32 Å². The van der Waals surface area contributed by atoms with Crippen molar-refractivity contribution in [2.24, 2.45) is 5.92 Å². The maximum Gasteiger partial charge on any atom is 0.162 e. The van der Waals surface area contributed by atoms with Gasteiger partial charge in [-0.2, -0.15) is 5.26 Å². The standard InChI is InChI=1S/C13H16N2O2/c1-16-12-3-2-10(7-14)6-13(12)17-9-11-4-5-15-8-11/h2-3,6,11,15H,4-5,8-9H2,1H3. The van der Waals surface area contributed by atoms with Crippen molar-refractivity contribution in [3.8, 4) is 17.6 Å². The van der Waals surface area contributed by atoms with E-state index in [9.17, 15) is 0 Å². The maximum atomic E-state index is 8.85. The Morgan fingerprint density at radius 3 is 3.00 bits per heavy atom. The summed E-state index contributed by atoms with van der Waals surface area (Å²) in [7, 11) is 1.60. The number of methoxy groups -OCH3 is 1. The van der Waals surface area contributed by atoms with Crippen LogP contribution >= 0.6 is 0 Å². The molecule has 1 aliphatic heterocycles. The predicted molar refractivity (Wildman–Crippen MR) is 64.2 cm³/mol. The molecule has 1 aromatic rings. The van der Waals surface area contributed by atoms with Crippen molar-refractivity contribution in [2.45, 2.75) is 6.42 Å². The lowest BCUT2D eigenvalue weighted by atomic mass is 10.1.